The molecule has 1 fully saturated rings. The van der Waals surface area contributed by atoms with Gasteiger partial charge in [-0.3, -0.25) is 19.3 Å². The van der Waals surface area contributed by atoms with Gasteiger partial charge in [0, 0.05) is 24.2 Å². The van der Waals surface area contributed by atoms with E-state index in [1.54, 1.807) is 48.2 Å². The minimum Gasteiger partial charge on any atom is -0.486 e. The highest BCUT2D eigenvalue weighted by Crippen LogP contribution is 2.47. The second kappa shape index (κ2) is 10.7. The van der Waals surface area contributed by atoms with Crippen LogP contribution in [0.5, 0.6) is 11.5 Å². The molecule has 206 valence electrons. The molecule has 2 atom stereocenters. The number of amides is 2. The maximum atomic E-state index is 14.0. The lowest BCUT2D eigenvalue weighted by molar-refractivity contribution is -0.139. The minimum atomic E-state index is -1.00. The number of anilines is 1. The van der Waals surface area contributed by atoms with Gasteiger partial charge >= 0.3 is 5.97 Å². The van der Waals surface area contributed by atoms with Gasteiger partial charge in [-0.15, -0.1) is 0 Å². The summed E-state index contributed by atoms with van der Waals surface area (Å²) >= 11 is 0. The lowest BCUT2D eigenvalue weighted by Crippen LogP contribution is -2.45. The summed E-state index contributed by atoms with van der Waals surface area (Å²) in [6, 6.07) is 19.7. The fourth-order valence-electron chi connectivity index (χ4n) is 6.44. The van der Waals surface area contributed by atoms with Gasteiger partial charge in [0.1, 0.15) is 19.1 Å². The van der Waals surface area contributed by atoms with Crippen LogP contribution in [-0.4, -0.2) is 42.1 Å². The van der Waals surface area contributed by atoms with Gasteiger partial charge in [-0.05, 0) is 78.6 Å². The maximum Gasteiger partial charge on any atom is 0.313 e. The van der Waals surface area contributed by atoms with Gasteiger partial charge in [0.25, 0.3) is 5.91 Å². The molecule has 2 aliphatic heterocycles. The summed E-state index contributed by atoms with van der Waals surface area (Å²) in [5.41, 5.74) is 3.38. The molecule has 8 heteroatoms. The summed E-state index contributed by atoms with van der Waals surface area (Å²) in [5, 5.41) is 13.5. The molecule has 0 spiro atoms. The molecule has 0 aromatic heterocycles. The van der Waals surface area contributed by atoms with Crippen LogP contribution in [0.3, 0.4) is 0 Å². The average Bonchev–Trinajstić information content (AvgIpc) is 2.97. The van der Waals surface area contributed by atoms with Crippen LogP contribution in [-0.2, 0) is 9.59 Å². The Morgan fingerprint density at radius 1 is 0.875 bits per heavy atom. The molecule has 8 nitrogen and oxygen atoms in total. The van der Waals surface area contributed by atoms with E-state index >= 15 is 0 Å². The van der Waals surface area contributed by atoms with E-state index in [9.17, 15) is 19.5 Å². The Morgan fingerprint density at radius 2 is 1.55 bits per heavy atom. The van der Waals surface area contributed by atoms with E-state index in [-0.39, 0.29) is 17.9 Å². The fourth-order valence-corrected chi connectivity index (χ4v) is 6.44. The number of carboxylic acid groups (broad SMARTS) is 1. The Kier molecular flexibility index (Phi) is 6.92. The summed E-state index contributed by atoms with van der Waals surface area (Å²) in [5.74, 6) is -0.683. The summed E-state index contributed by atoms with van der Waals surface area (Å²) < 4.78 is 11.5. The highest BCUT2D eigenvalue weighted by atomic mass is 16.6. The molecule has 0 bridgehead atoms. The first-order valence-electron chi connectivity index (χ1n) is 13.8. The van der Waals surface area contributed by atoms with Crippen LogP contribution >= 0.6 is 0 Å². The number of carbonyl (C=O) groups excluding carboxylic acids is 2. The monoisotopic (exact) mass is 540 g/mol. The number of aliphatic carboxylic acids is 1. The number of carbonyl (C=O) groups is 3. The lowest BCUT2D eigenvalue weighted by Gasteiger charge is -2.41. The number of rotatable bonds is 5. The van der Waals surface area contributed by atoms with Gasteiger partial charge in [0.2, 0.25) is 5.91 Å². The van der Waals surface area contributed by atoms with E-state index in [0.717, 1.165) is 25.7 Å². The molecule has 3 aliphatic rings. The third-order valence-corrected chi connectivity index (χ3v) is 8.29. The van der Waals surface area contributed by atoms with Crippen molar-refractivity contribution in [1.82, 2.24) is 5.32 Å². The Balaban J connectivity index is 1.36. The van der Waals surface area contributed by atoms with Gasteiger partial charge in [0.05, 0.1) is 6.04 Å². The Labute approximate surface area is 232 Å². The van der Waals surface area contributed by atoms with E-state index in [1.807, 2.05) is 30.3 Å². The van der Waals surface area contributed by atoms with Crippen LogP contribution < -0.4 is 19.7 Å². The number of carboxylic acids is 1. The van der Waals surface area contributed by atoms with E-state index in [2.05, 4.69) is 5.32 Å². The first kappa shape index (κ1) is 25.9. The summed E-state index contributed by atoms with van der Waals surface area (Å²) in [4.78, 5) is 39.9. The highest BCUT2D eigenvalue weighted by Gasteiger charge is 2.45. The molecule has 2 heterocycles. The lowest BCUT2D eigenvalue weighted by atomic mass is 9.79. The molecule has 0 saturated heterocycles. The number of nitrogens with zero attached hydrogens (tertiary/aromatic N) is 1. The summed E-state index contributed by atoms with van der Waals surface area (Å²) in [6.07, 6.45) is 3.81. The molecule has 40 heavy (non-hydrogen) atoms. The smallest absolute Gasteiger partial charge is 0.313 e. The van der Waals surface area contributed by atoms with Crippen LogP contribution in [0.1, 0.15) is 77.5 Å². The first-order valence-corrected chi connectivity index (χ1v) is 13.8. The highest BCUT2D eigenvalue weighted by molar-refractivity contribution is 6.11. The summed E-state index contributed by atoms with van der Waals surface area (Å²) in [7, 11) is 0. The van der Waals surface area contributed by atoms with E-state index < -0.39 is 17.9 Å². The number of hydrogen-bond donors (Lipinski definition) is 2. The van der Waals surface area contributed by atoms with E-state index in [1.165, 1.54) is 5.56 Å². The normalized spacial score (nSPS) is 23.7. The minimum absolute atomic E-state index is 0.00723. The number of nitrogens with one attached hydrogen (secondary N) is 1. The number of benzene rings is 3. The van der Waals surface area contributed by atoms with Crippen molar-refractivity contribution in [2.75, 3.05) is 18.1 Å². The predicted molar refractivity (Wildman–Crippen MR) is 149 cm³/mol. The molecule has 2 N–H and O–H groups in total. The standard InChI is InChI=1S/C32H32N2O6/c1-19(35)33-23-11-6-20(7-12-23)21-8-13-24(14-9-21)34-30(22-10-15-27-28(18-22)40-17-16-39-27)29(32(37)38)25-4-2-3-5-26(25)31(34)36/h2-5,8-10,13-15,18,20,23,29-30H,6-7,11-12,16-17H2,1H3,(H,33,35)(H,37,38)/t20-,23-,29?,30?. The topological polar surface area (TPSA) is 105 Å². The van der Waals surface area contributed by atoms with Crippen molar-refractivity contribution in [3.8, 4) is 11.5 Å². The van der Waals surface area contributed by atoms with Gasteiger partial charge in [-0.25, -0.2) is 0 Å². The maximum absolute atomic E-state index is 14.0. The Bertz CT molecular complexity index is 1440. The SMILES string of the molecule is CC(=O)N[C@H]1CC[C@H](c2ccc(N3C(=O)c4ccccc4C(C(=O)O)C3c3ccc4c(c3)OCCO4)cc2)CC1. The molecule has 6 rings (SSSR count). The van der Waals surface area contributed by atoms with Crippen LogP contribution in [0.2, 0.25) is 0 Å². The van der Waals surface area contributed by atoms with Gasteiger partial charge in [-0.1, -0.05) is 36.4 Å². The van der Waals surface area contributed by atoms with Crippen molar-refractivity contribution in [2.45, 2.75) is 56.5 Å². The quantitative estimate of drug-likeness (QED) is 0.462. The Hall–Kier alpha value is -4.33. The zero-order chi connectivity index (χ0) is 27.8. The third kappa shape index (κ3) is 4.78. The van der Waals surface area contributed by atoms with Gasteiger partial charge in [-0.2, -0.15) is 0 Å². The van der Waals surface area contributed by atoms with Crippen molar-refractivity contribution in [1.29, 1.82) is 0 Å². The van der Waals surface area contributed by atoms with E-state index in [0.29, 0.717) is 53.0 Å². The van der Waals surface area contributed by atoms with Gasteiger partial charge in [0.15, 0.2) is 11.5 Å². The van der Waals surface area contributed by atoms with Crippen LogP contribution in [0, 0.1) is 0 Å². The molecular weight excluding hydrogens is 508 g/mol. The molecule has 0 radical (unpaired) electrons. The molecule has 2 unspecified atom stereocenters. The number of hydrogen-bond acceptors (Lipinski definition) is 5. The molecular formula is C32H32N2O6. The zero-order valence-corrected chi connectivity index (χ0v) is 22.3. The van der Waals surface area contributed by atoms with Crippen molar-refractivity contribution in [2.24, 2.45) is 0 Å². The largest absolute Gasteiger partial charge is 0.486 e. The molecule has 2 amide bonds. The molecule has 1 saturated carbocycles. The van der Waals surface area contributed by atoms with E-state index in [4.69, 9.17) is 9.47 Å². The van der Waals surface area contributed by atoms with Crippen molar-refractivity contribution >= 4 is 23.5 Å². The van der Waals surface area contributed by atoms with Crippen LogP contribution in [0.25, 0.3) is 0 Å². The Morgan fingerprint density at radius 3 is 2.25 bits per heavy atom. The van der Waals surface area contributed by atoms with Crippen molar-refractivity contribution < 1.29 is 29.0 Å². The van der Waals surface area contributed by atoms with Crippen molar-refractivity contribution in [3.05, 3.63) is 89.0 Å². The average molecular weight is 541 g/mol. The number of ether oxygens (including phenoxy) is 2. The van der Waals surface area contributed by atoms with Crippen LogP contribution in [0.15, 0.2) is 66.7 Å². The second-order valence-electron chi connectivity index (χ2n) is 10.8. The van der Waals surface area contributed by atoms with Gasteiger partial charge < -0.3 is 19.9 Å². The number of fused-ring (bicyclic) bond motifs is 2. The van der Waals surface area contributed by atoms with Crippen molar-refractivity contribution in [3.63, 3.8) is 0 Å². The first-order chi connectivity index (χ1) is 19.4. The van der Waals surface area contributed by atoms with Crippen LogP contribution in [0.4, 0.5) is 5.69 Å². The molecule has 3 aromatic rings. The predicted octanol–water partition coefficient (Wildman–Crippen LogP) is 5.19. The fraction of sp³-hybridized carbons (Fsp3) is 0.344. The zero-order valence-electron chi connectivity index (χ0n) is 22.3. The second-order valence-corrected chi connectivity index (χ2v) is 10.8. The molecule has 1 aliphatic carbocycles. The summed E-state index contributed by atoms with van der Waals surface area (Å²) in [6.45, 7) is 2.41. The molecule has 3 aromatic carbocycles. The third-order valence-electron chi connectivity index (χ3n) is 8.29.